The number of fused-ring (bicyclic) bond motifs is 2. The van der Waals surface area contributed by atoms with Crippen molar-refractivity contribution in [1.82, 2.24) is 20.6 Å². The third-order valence-electron chi connectivity index (χ3n) is 4.27. The first-order chi connectivity index (χ1) is 12.8. The quantitative estimate of drug-likeness (QED) is 0.674. The van der Waals surface area contributed by atoms with Crippen molar-refractivity contribution in [1.29, 1.82) is 0 Å². The number of aromatic nitrogens is 4. The average molecular weight is 347 g/mol. The van der Waals surface area contributed by atoms with Gasteiger partial charge >= 0.3 is 0 Å². The van der Waals surface area contributed by atoms with Gasteiger partial charge in [-0.15, -0.1) is 15.3 Å². The lowest BCUT2D eigenvalue weighted by Gasteiger charge is -2.11. The van der Waals surface area contributed by atoms with Crippen LogP contribution in [0, 0.1) is 0 Å². The van der Waals surface area contributed by atoms with Gasteiger partial charge in [0.1, 0.15) is 11.4 Å². The molecule has 3 aromatic rings. The normalized spacial score (nSPS) is 15.1. The molecule has 26 heavy (non-hydrogen) atoms. The summed E-state index contributed by atoms with van der Waals surface area (Å²) in [6, 6.07) is 11.4. The lowest BCUT2D eigenvalue weighted by Crippen LogP contribution is -2.09. The third-order valence-corrected chi connectivity index (χ3v) is 4.27. The van der Waals surface area contributed by atoms with Crippen molar-refractivity contribution in [2.75, 3.05) is 12.5 Å². The first kappa shape index (κ1) is 14.6. The van der Waals surface area contributed by atoms with E-state index in [1.807, 2.05) is 36.4 Å². The molecule has 0 atom stereocenters. The number of nitrogens with one attached hydrogen (secondary N) is 1. The molecule has 0 bridgehead atoms. The minimum Gasteiger partial charge on any atom is -0.454 e. The van der Waals surface area contributed by atoms with E-state index in [1.165, 1.54) is 0 Å². The van der Waals surface area contributed by atoms with Gasteiger partial charge in [0.2, 0.25) is 12.6 Å². The molecule has 0 spiro atoms. The van der Waals surface area contributed by atoms with Crippen molar-refractivity contribution in [3.8, 4) is 11.5 Å². The summed E-state index contributed by atoms with van der Waals surface area (Å²) in [5.41, 5.74) is 10.6. The number of nitrogens with zero attached hydrogens (tertiary/aromatic N) is 5. The van der Waals surface area contributed by atoms with Gasteiger partial charge in [0.25, 0.3) is 0 Å². The van der Waals surface area contributed by atoms with Crippen LogP contribution in [0.1, 0.15) is 22.5 Å². The van der Waals surface area contributed by atoms with E-state index in [9.17, 15) is 0 Å². The summed E-state index contributed by atoms with van der Waals surface area (Å²) in [4.78, 5) is 0. The van der Waals surface area contributed by atoms with E-state index in [4.69, 9.17) is 15.2 Å². The fourth-order valence-corrected chi connectivity index (χ4v) is 2.99. The number of H-pyrrole nitrogens is 1. The summed E-state index contributed by atoms with van der Waals surface area (Å²) in [5.74, 6) is 1.81. The van der Waals surface area contributed by atoms with Crippen molar-refractivity contribution < 1.29 is 9.47 Å². The number of benzene rings is 2. The van der Waals surface area contributed by atoms with Gasteiger partial charge in [-0.2, -0.15) is 10.3 Å². The van der Waals surface area contributed by atoms with Gasteiger partial charge in [-0.05, 0) is 35.0 Å². The second-order valence-corrected chi connectivity index (χ2v) is 5.89. The van der Waals surface area contributed by atoms with Crippen molar-refractivity contribution in [2.45, 2.75) is 6.42 Å². The van der Waals surface area contributed by atoms with Gasteiger partial charge in [-0.25, -0.2) is 0 Å². The summed E-state index contributed by atoms with van der Waals surface area (Å²) in [5, 5.41) is 22.9. The Labute approximate surface area is 147 Å². The van der Waals surface area contributed by atoms with Crippen LogP contribution in [0.25, 0.3) is 0 Å². The lowest BCUT2D eigenvalue weighted by molar-refractivity contribution is 0.174. The molecular formula is C17H13N7O2. The van der Waals surface area contributed by atoms with Gasteiger partial charge < -0.3 is 15.2 Å². The van der Waals surface area contributed by atoms with Gasteiger partial charge in [-0.3, -0.25) is 0 Å². The molecule has 128 valence electrons. The highest BCUT2D eigenvalue weighted by molar-refractivity contribution is 6.16. The molecule has 5 rings (SSSR count). The van der Waals surface area contributed by atoms with Crippen molar-refractivity contribution in [3.63, 3.8) is 0 Å². The van der Waals surface area contributed by atoms with E-state index in [-0.39, 0.29) is 6.79 Å². The number of anilines is 1. The Morgan fingerprint density at radius 3 is 2.58 bits per heavy atom. The summed E-state index contributed by atoms with van der Waals surface area (Å²) >= 11 is 0. The summed E-state index contributed by atoms with van der Waals surface area (Å²) in [6.45, 7) is 0.207. The largest absolute Gasteiger partial charge is 0.454 e. The maximum Gasteiger partial charge on any atom is 0.231 e. The summed E-state index contributed by atoms with van der Waals surface area (Å²) < 4.78 is 11.1. The molecule has 2 aliphatic heterocycles. The SMILES string of the molecule is Nc1ccc(C2=NN=C(c3nn[nH]n3)Cc3cc4c(cc32)OCO4)cc1. The number of tetrazole rings is 1. The fraction of sp³-hybridized carbons (Fsp3) is 0.118. The minimum absolute atomic E-state index is 0.207. The molecule has 0 saturated carbocycles. The molecule has 0 fully saturated rings. The van der Waals surface area contributed by atoms with E-state index < -0.39 is 0 Å². The van der Waals surface area contributed by atoms with Crippen LogP contribution < -0.4 is 15.2 Å². The Morgan fingerprint density at radius 1 is 1.00 bits per heavy atom. The first-order valence-electron chi connectivity index (χ1n) is 7.95. The van der Waals surface area contributed by atoms with Crippen LogP contribution in [0.5, 0.6) is 11.5 Å². The number of ether oxygens (including phenoxy) is 2. The number of hydrogen-bond donors (Lipinski definition) is 2. The Morgan fingerprint density at radius 2 is 1.81 bits per heavy atom. The molecule has 0 saturated heterocycles. The third kappa shape index (κ3) is 2.37. The molecule has 1 aromatic heterocycles. The van der Waals surface area contributed by atoms with Gasteiger partial charge in [-0.1, -0.05) is 12.1 Å². The second-order valence-electron chi connectivity index (χ2n) is 5.89. The van der Waals surface area contributed by atoms with E-state index in [0.717, 1.165) is 22.4 Å². The number of nitrogens with two attached hydrogens (primary N) is 1. The van der Waals surface area contributed by atoms with E-state index in [0.29, 0.717) is 35.1 Å². The fourth-order valence-electron chi connectivity index (χ4n) is 2.99. The molecule has 0 aliphatic carbocycles. The molecule has 0 unspecified atom stereocenters. The average Bonchev–Trinajstić information content (AvgIpc) is 3.30. The molecule has 0 amide bonds. The second kappa shape index (κ2) is 5.66. The standard InChI is InChI=1S/C17H13N7O2/c18-11-3-1-9(2-4-11)16-12-7-15-14(25-8-26-15)6-10(12)5-13(19-20-16)17-21-23-24-22-17/h1-4,6-7H,5,8,18H2,(H,21,22,23,24). The Hall–Kier alpha value is -3.75. The number of rotatable bonds is 2. The smallest absolute Gasteiger partial charge is 0.231 e. The van der Waals surface area contributed by atoms with Crippen LogP contribution in [0.15, 0.2) is 46.6 Å². The Balaban J connectivity index is 1.70. The molecule has 3 N–H and O–H groups in total. The van der Waals surface area contributed by atoms with Gasteiger partial charge in [0, 0.05) is 23.2 Å². The molecular weight excluding hydrogens is 334 g/mol. The van der Waals surface area contributed by atoms with Crippen molar-refractivity contribution in [3.05, 3.63) is 58.9 Å². The highest BCUT2D eigenvalue weighted by atomic mass is 16.7. The molecule has 3 heterocycles. The van der Waals surface area contributed by atoms with Crippen molar-refractivity contribution >= 4 is 17.1 Å². The first-order valence-corrected chi connectivity index (χ1v) is 7.95. The van der Waals surface area contributed by atoms with Crippen LogP contribution in [0.2, 0.25) is 0 Å². The van der Waals surface area contributed by atoms with Crippen molar-refractivity contribution in [2.24, 2.45) is 10.2 Å². The number of nitrogen functional groups attached to an aromatic ring is 1. The van der Waals surface area contributed by atoms with Gasteiger partial charge in [0.05, 0.1) is 0 Å². The highest BCUT2D eigenvalue weighted by Crippen LogP contribution is 2.37. The zero-order valence-electron chi connectivity index (χ0n) is 13.5. The Kier molecular flexibility index (Phi) is 3.17. The number of hydrogen-bond acceptors (Lipinski definition) is 8. The van der Waals surface area contributed by atoms with E-state index in [1.54, 1.807) is 0 Å². The zero-order chi connectivity index (χ0) is 17.5. The Bertz CT molecular complexity index is 1040. The summed E-state index contributed by atoms with van der Waals surface area (Å²) in [6.07, 6.45) is 0.494. The van der Waals surface area contributed by atoms with Crippen LogP contribution in [0.4, 0.5) is 5.69 Å². The molecule has 9 heteroatoms. The predicted molar refractivity (Wildman–Crippen MR) is 93.5 cm³/mol. The number of aromatic amines is 1. The van der Waals surface area contributed by atoms with Gasteiger partial charge in [0.15, 0.2) is 11.5 Å². The van der Waals surface area contributed by atoms with Crippen LogP contribution in [0.3, 0.4) is 0 Å². The maximum absolute atomic E-state index is 5.81. The topological polar surface area (TPSA) is 124 Å². The van der Waals surface area contributed by atoms with E-state index in [2.05, 4.69) is 30.8 Å². The molecule has 9 nitrogen and oxygen atoms in total. The predicted octanol–water partition coefficient (Wildman–Crippen LogP) is 1.31. The molecule has 2 aliphatic rings. The zero-order valence-corrected chi connectivity index (χ0v) is 13.5. The molecule has 0 radical (unpaired) electrons. The van der Waals surface area contributed by atoms with Crippen LogP contribution >= 0.6 is 0 Å². The highest BCUT2D eigenvalue weighted by Gasteiger charge is 2.25. The lowest BCUT2D eigenvalue weighted by atomic mass is 9.94. The monoisotopic (exact) mass is 347 g/mol. The summed E-state index contributed by atoms with van der Waals surface area (Å²) in [7, 11) is 0. The minimum atomic E-state index is 0.207. The maximum atomic E-state index is 5.81. The molecule has 2 aromatic carbocycles. The van der Waals surface area contributed by atoms with Crippen LogP contribution in [-0.2, 0) is 6.42 Å². The van der Waals surface area contributed by atoms with E-state index >= 15 is 0 Å². The van der Waals surface area contributed by atoms with Crippen LogP contribution in [-0.4, -0.2) is 38.8 Å².